The molecule has 1 rings (SSSR count). The molecule has 5 nitrogen and oxygen atoms in total. The first-order valence-electron chi connectivity index (χ1n) is 3.02. The van der Waals surface area contributed by atoms with E-state index in [1.165, 1.54) is 12.4 Å². The van der Waals surface area contributed by atoms with Crippen molar-refractivity contribution in [2.24, 2.45) is 10.9 Å². The smallest absolute Gasteiger partial charge is 0.274 e. The normalized spacial score (nSPS) is 14.8. The number of allylic oxidation sites excluding steroid dienone is 3. The van der Waals surface area contributed by atoms with Crippen molar-refractivity contribution in [2.45, 2.75) is 0 Å². The molecule has 3 N–H and O–H groups in total. The van der Waals surface area contributed by atoms with Crippen LogP contribution in [0, 0.1) is 0 Å². The van der Waals surface area contributed by atoms with Crippen LogP contribution >= 0.6 is 0 Å². The summed E-state index contributed by atoms with van der Waals surface area (Å²) in [5.41, 5.74) is 1.96. The molecule has 0 saturated carbocycles. The van der Waals surface area contributed by atoms with Crippen LogP contribution in [0.1, 0.15) is 0 Å². The minimum atomic E-state index is -0.471. The van der Waals surface area contributed by atoms with E-state index in [1.54, 1.807) is 18.2 Å². The highest BCUT2D eigenvalue weighted by atomic mass is 16.2. The highest BCUT2D eigenvalue weighted by Crippen LogP contribution is 1.94. The van der Waals surface area contributed by atoms with Crippen LogP contribution in [-0.2, 0) is 0 Å². The summed E-state index contributed by atoms with van der Waals surface area (Å²) in [6.45, 7) is 0. The molecule has 1 heterocycles. The summed E-state index contributed by atoms with van der Waals surface area (Å²) in [5, 5.41) is 4.83. The van der Waals surface area contributed by atoms with Gasteiger partial charge in [-0.15, -0.1) is 0 Å². The van der Waals surface area contributed by atoms with E-state index in [9.17, 15) is 4.79 Å². The van der Waals surface area contributed by atoms with Crippen molar-refractivity contribution < 1.29 is 4.79 Å². The molecule has 0 radical (unpaired) electrons. The number of rotatable bonds is 0. The van der Waals surface area contributed by atoms with Crippen molar-refractivity contribution >= 4 is 12.2 Å². The molecule has 0 unspecified atom stereocenters. The topological polar surface area (TPSA) is 70.7 Å². The van der Waals surface area contributed by atoms with Gasteiger partial charge in [0.1, 0.15) is 0 Å². The molecule has 11 heavy (non-hydrogen) atoms. The summed E-state index contributed by atoms with van der Waals surface area (Å²) in [6, 6.07) is -0.471. The second-order valence-corrected chi connectivity index (χ2v) is 1.79. The zero-order valence-electron chi connectivity index (χ0n) is 5.77. The Labute approximate surface area is 63.8 Å². The van der Waals surface area contributed by atoms with Gasteiger partial charge in [-0.05, 0) is 12.2 Å². The third kappa shape index (κ3) is 1.91. The second-order valence-electron chi connectivity index (χ2n) is 1.79. The lowest BCUT2D eigenvalue weighted by Crippen LogP contribution is -2.37. The maximum atomic E-state index is 10.8. The number of hydrogen-bond donors (Lipinski definition) is 2. The molecule has 0 spiro atoms. The van der Waals surface area contributed by atoms with Gasteiger partial charge in [-0.3, -0.25) is 5.43 Å². The molecule has 58 valence electrons. The van der Waals surface area contributed by atoms with Gasteiger partial charge < -0.3 is 0 Å². The summed E-state index contributed by atoms with van der Waals surface area (Å²) in [7, 11) is 0. The number of nitrogens with one attached hydrogen (secondary N) is 1. The molecule has 0 aromatic carbocycles. The quantitative estimate of drug-likeness (QED) is 0.290. The molecule has 0 atom stereocenters. The maximum Gasteiger partial charge on any atom is 0.356 e. The minimum absolute atomic E-state index is 0.471. The van der Waals surface area contributed by atoms with Gasteiger partial charge in [0.15, 0.2) is 0 Å². The first kappa shape index (κ1) is 7.49. The number of urea groups is 1. The molecule has 1 aliphatic rings. The third-order valence-electron chi connectivity index (χ3n) is 1.06. The van der Waals surface area contributed by atoms with Crippen molar-refractivity contribution in [3.8, 4) is 0 Å². The Morgan fingerprint density at radius 1 is 1.45 bits per heavy atom. The first-order chi connectivity index (χ1) is 5.34. The Morgan fingerprint density at radius 2 is 2.27 bits per heavy atom. The van der Waals surface area contributed by atoms with Crippen LogP contribution in [0.15, 0.2) is 29.5 Å². The first-order valence-corrected chi connectivity index (χ1v) is 3.02. The van der Waals surface area contributed by atoms with Gasteiger partial charge >= 0.3 is 6.03 Å². The molecular formula is C6H8N4O. The minimum Gasteiger partial charge on any atom is -0.274 e. The van der Waals surface area contributed by atoms with Crippen molar-refractivity contribution in [2.75, 3.05) is 0 Å². The number of carbonyl (C=O) groups excluding carboxylic acids is 1. The lowest BCUT2D eigenvalue weighted by molar-refractivity contribution is 0.217. The Balaban J connectivity index is 2.67. The molecule has 5 heteroatoms. The standard InChI is InChI=1S/C6H8N4O/c7-9-6(11)10-5-3-1-2-4-8-10/h1-5H,7H2,(H,9,11). The molecule has 0 fully saturated rings. The maximum absolute atomic E-state index is 10.8. The van der Waals surface area contributed by atoms with Crippen molar-refractivity contribution in [1.29, 1.82) is 0 Å². The molecule has 0 aromatic rings. The summed E-state index contributed by atoms with van der Waals surface area (Å²) >= 11 is 0. The molecular weight excluding hydrogens is 144 g/mol. The number of amides is 2. The van der Waals surface area contributed by atoms with Crippen LogP contribution in [-0.4, -0.2) is 17.3 Å². The summed E-state index contributed by atoms with van der Waals surface area (Å²) < 4.78 is 0. The van der Waals surface area contributed by atoms with Crippen LogP contribution in [0.5, 0.6) is 0 Å². The van der Waals surface area contributed by atoms with Crippen molar-refractivity contribution in [1.82, 2.24) is 10.4 Å². The Kier molecular flexibility index (Phi) is 2.40. The highest BCUT2D eigenvalue weighted by molar-refractivity contribution is 5.78. The summed E-state index contributed by atoms with van der Waals surface area (Å²) in [5.74, 6) is 4.88. The van der Waals surface area contributed by atoms with E-state index in [2.05, 4.69) is 5.10 Å². The monoisotopic (exact) mass is 152 g/mol. The SMILES string of the molecule is NNC(=O)N1C=CC=CC=N1. The van der Waals surface area contributed by atoms with Crippen LogP contribution in [0.3, 0.4) is 0 Å². The molecule has 0 saturated heterocycles. The predicted octanol–water partition coefficient (Wildman–Crippen LogP) is -0.0590. The van der Waals surface area contributed by atoms with Gasteiger partial charge in [-0.2, -0.15) is 10.1 Å². The molecule has 0 aromatic heterocycles. The van der Waals surface area contributed by atoms with E-state index in [-0.39, 0.29) is 0 Å². The Bertz CT molecular complexity index is 215. The Hall–Kier alpha value is -1.62. The summed E-state index contributed by atoms with van der Waals surface area (Å²) in [6.07, 6.45) is 8.15. The van der Waals surface area contributed by atoms with E-state index in [0.717, 1.165) is 5.01 Å². The molecule has 2 amide bonds. The van der Waals surface area contributed by atoms with Crippen LogP contribution in [0.2, 0.25) is 0 Å². The van der Waals surface area contributed by atoms with Gasteiger partial charge in [0.2, 0.25) is 0 Å². The van der Waals surface area contributed by atoms with Crippen LogP contribution < -0.4 is 11.3 Å². The molecule has 0 aliphatic carbocycles. The van der Waals surface area contributed by atoms with Crippen LogP contribution in [0.25, 0.3) is 0 Å². The zero-order chi connectivity index (χ0) is 8.10. The van der Waals surface area contributed by atoms with Crippen molar-refractivity contribution in [3.63, 3.8) is 0 Å². The lowest BCUT2D eigenvalue weighted by atomic mass is 10.5. The van der Waals surface area contributed by atoms with Gasteiger partial charge in [-0.25, -0.2) is 10.6 Å². The number of hydrazone groups is 1. The van der Waals surface area contributed by atoms with Gasteiger partial charge in [0, 0.05) is 12.4 Å². The van der Waals surface area contributed by atoms with E-state index >= 15 is 0 Å². The summed E-state index contributed by atoms with van der Waals surface area (Å²) in [4.78, 5) is 10.8. The fourth-order valence-corrected chi connectivity index (χ4v) is 0.580. The van der Waals surface area contributed by atoms with Gasteiger partial charge in [0.05, 0.1) is 0 Å². The number of carbonyl (C=O) groups is 1. The molecule has 0 bridgehead atoms. The lowest BCUT2D eigenvalue weighted by Gasteiger charge is -2.08. The third-order valence-corrected chi connectivity index (χ3v) is 1.06. The fourth-order valence-electron chi connectivity index (χ4n) is 0.580. The average molecular weight is 152 g/mol. The Morgan fingerprint density at radius 3 is 3.00 bits per heavy atom. The highest BCUT2D eigenvalue weighted by Gasteiger charge is 2.05. The van der Waals surface area contributed by atoms with E-state index in [4.69, 9.17) is 5.84 Å². The number of nitrogens with zero attached hydrogens (tertiary/aromatic N) is 2. The van der Waals surface area contributed by atoms with E-state index in [0.29, 0.717) is 0 Å². The second kappa shape index (κ2) is 3.52. The van der Waals surface area contributed by atoms with Gasteiger partial charge in [0.25, 0.3) is 0 Å². The van der Waals surface area contributed by atoms with Gasteiger partial charge in [-0.1, -0.05) is 6.08 Å². The number of hydrogen-bond acceptors (Lipinski definition) is 3. The number of hydrazine groups is 1. The number of nitrogens with two attached hydrogens (primary N) is 1. The van der Waals surface area contributed by atoms with Crippen molar-refractivity contribution in [3.05, 3.63) is 24.4 Å². The average Bonchev–Trinajstić information content (AvgIpc) is 2.30. The fraction of sp³-hybridized carbons (Fsp3) is 0. The largest absolute Gasteiger partial charge is 0.356 e. The molecule has 1 aliphatic heterocycles. The van der Waals surface area contributed by atoms with Crippen LogP contribution in [0.4, 0.5) is 4.79 Å². The predicted molar refractivity (Wildman–Crippen MR) is 41.3 cm³/mol. The van der Waals surface area contributed by atoms with E-state index < -0.39 is 6.03 Å². The zero-order valence-corrected chi connectivity index (χ0v) is 5.77. The van der Waals surface area contributed by atoms with E-state index in [1.807, 2.05) is 5.43 Å².